The highest BCUT2D eigenvalue weighted by molar-refractivity contribution is 9.11. The minimum atomic E-state index is -0.927. The molecule has 1 aromatic carbocycles. The molecule has 1 heterocycles. The topological polar surface area (TPSA) is 57.6 Å². The third-order valence-electron chi connectivity index (χ3n) is 2.68. The highest BCUT2D eigenvalue weighted by atomic mass is 79.9. The Morgan fingerprint density at radius 2 is 1.94 bits per heavy atom. The number of amides is 1. The Hall–Kier alpha value is -0.880. The van der Waals surface area contributed by atoms with Crippen molar-refractivity contribution in [2.24, 2.45) is 5.92 Å². The zero-order valence-corrected chi connectivity index (χ0v) is 11.9. The second-order valence-electron chi connectivity index (χ2n) is 3.81. The standard InChI is InChI=1S/C11H9Br2NO3/c12-7-2-1-3-8(13)10(7)14-5-6(11(16)17)4-9(14)15/h1-3,6H,4-5H2,(H,16,17). The quantitative estimate of drug-likeness (QED) is 0.879. The number of aliphatic carboxylic acids is 1. The van der Waals surface area contributed by atoms with Crippen molar-refractivity contribution in [3.63, 3.8) is 0 Å². The summed E-state index contributed by atoms with van der Waals surface area (Å²) in [5, 5.41) is 8.93. The van der Waals surface area contributed by atoms with Gasteiger partial charge in [-0.25, -0.2) is 0 Å². The molecule has 1 fully saturated rings. The fourth-order valence-corrected chi connectivity index (χ4v) is 3.26. The molecule has 0 spiro atoms. The lowest BCUT2D eigenvalue weighted by Crippen LogP contribution is -2.26. The number of hydrogen-bond donors (Lipinski definition) is 1. The maximum Gasteiger partial charge on any atom is 0.308 e. The van der Waals surface area contributed by atoms with Crippen molar-refractivity contribution in [2.45, 2.75) is 6.42 Å². The normalized spacial score (nSPS) is 19.8. The molecule has 0 saturated carbocycles. The molecular weight excluding hydrogens is 354 g/mol. The largest absolute Gasteiger partial charge is 0.481 e. The van der Waals surface area contributed by atoms with Crippen LogP contribution in [0.5, 0.6) is 0 Å². The summed E-state index contributed by atoms with van der Waals surface area (Å²) < 4.78 is 1.54. The summed E-state index contributed by atoms with van der Waals surface area (Å²) in [4.78, 5) is 24.2. The van der Waals surface area contributed by atoms with Gasteiger partial charge in [0.1, 0.15) is 0 Å². The monoisotopic (exact) mass is 361 g/mol. The number of hydrogen-bond acceptors (Lipinski definition) is 2. The maximum atomic E-state index is 11.8. The number of carbonyl (C=O) groups is 2. The molecule has 6 heteroatoms. The molecule has 1 unspecified atom stereocenters. The average molecular weight is 363 g/mol. The van der Waals surface area contributed by atoms with Crippen LogP contribution in [0.2, 0.25) is 0 Å². The number of nitrogens with zero attached hydrogens (tertiary/aromatic N) is 1. The van der Waals surface area contributed by atoms with Crippen LogP contribution < -0.4 is 4.90 Å². The van der Waals surface area contributed by atoms with Crippen molar-refractivity contribution < 1.29 is 14.7 Å². The lowest BCUT2D eigenvalue weighted by molar-refractivity contribution is -0.141. The minimum absolute atomic E-state index is 0.0586. The second-order valence-corrected chi connectivity index (χ2v) is 5.52. The lowest BCUT2D eigenvalue weighted by Gasteiger charge is -2.19. The summed E-state index contributed by atoms with van der Waals surface area (Å²) in [5.74, 6) is -1.71. The van der Waals surface area contributed by atoms with Gasteiger partial charge in [0.15, 0.2) is 0 Å². The maximum absolute atomic E-state index is 11.8. The molecule has 1 aromatic rings. The van der Waals surface area contributed by atoms with Crippen molar-refractivity contribution in [3.05, 3.63) is 27.1 Å². The van der Waals surface area contributed by atoms with Gasteiger partial charge < -0.3 is 10.0 Å². The predicted molar refractivity (Wildman–Crippen MR) is 69.9 cm³/mol. The van der Waals surface area contributed by atoms with Gasteiger partial charge in [0.05, 0.1) is 11.6 Å². The van der Waals surface area contributed by atoms with Crippen molar-refractivity contribution in [3.8, 4) is 0 Å². The number of halogens is 2. The fourth-order valence-electron chi connectivity index (χ4n) is 1.84. The summed E-state index contributed by atoms with van der Waals surface area (Å²) >= 11 is 6.74. The van der Waals surface area contributed by atoms with E-state index >= 15 is 0 Å². The Bertz CT molecular complexity index is 469. The van der Waals surface area contributed by atoms with E-state index in [4.69, 9.17) is 5.11 Å². The van der Waals surface area contributed by atoms with E-state index in [-0.39, 0.29) is 18.9 Å². The number of benzene rings is 1. The number of carbonyl (C=O) groups excluding carboxylic acids is 1. The van der Waals surface area contributed by atoms with Crippen LogP contribution in [0.4, 0.5) is 5.69 Å². The SMILES string of the molecule is O=C(O)C1CC(=O)N(c2c(Br)cccc2Br)C1. The second kappa shape index (κ2) is 4.78. The lowest BCUT2D eigenvalue weighted by atomic mass is 10.1. The van der Waals surface area contributed by atoms with Gasteiger partial charge in [-0.15, -0.1) is 0 Å². The molecule has 1 saturated heterocycles. The van der Waals surface area contributed by atoms with E-state index < -0.39 is 11.9 Å². The zero-order chi connectivity index (χ0) is 12.6. The van der Waals surface area contributed by atoms with E-state index in [0.717, 1.165) is 8.95 Å². The van der Waals surface area contributed by atoms with Gasteiger partial charge in [0.25, 0.3) is 0 Å². The van der Waals surface area contributed by atoms with Crippen LogP contribution >= 0.6 is 31.9 Å². The van der Waals surface area contributed by atoms with Gasteiger partial charge in [-0.2, -0.15) is 0 Å². The van der Waals surface area contributed by atoms with Crippen LogP contribution in [-0.2, 0) is 9.59 Å². The van der Waals surface area contributed by atoms with Crippen LogP contribution in [0.3, 0.4) is 0 Å². The molecular formula is C11H9Br2NO3. The van der Waals surface area contributed by atoms with Crippen LogP contribution in [0, 0.1) is 5.92 Å². The first kappa shape index (κ1) is 12.6. The first-order valence-corrected chi connectivity index (χ1v) is 6.56. The molecule has 1 amide bonds. The van der Waals surface area contributed by atoms with Crippen LogP contribution in [0.15, 0.2) is 27.1 Å². The fraction of sp³-hybridized carbons (Fsp3) is 0.273. The van der Waals surface area contributed by atoms with Gasteiger partial charge in [0.2, 0.25) is 5.91 Å². The van der Waals surface area contributed by atoms with E-state index in [1.165, 1.54) is 4.90 Å². The molecule has 0 bridgehead atoms. The van der Waals surface area contributed by atoms with E-state index in [0.29, 0.717) is 5.69 Å². The molecule has 0 radical (unpaired) electrons. The van der Waals surface area contributed by atoms with Crippen molar-refractivity contribution in [1.29, 1.82) is 0 Å². The molecule has 0 aromatic heterocycles. The Morgan fingerprint density at radius 3 is 2.41 bits per heavy atom. The molecule has 1 atom stereocenters. The Balaban J connectivity index is 2.35. The van der Waals surface area contributed by atoms with E-state index in [9.17, 15) is 9.59 Å². The number of rotatable bonds is 2. The summed E-state index contributed by atoms with van der Waals surface area (Å²) in [5.41, 5.74) is 0.696. The van der Waals surface area contributed by atoms with E-state index in [1.807, 2.05) is 18.2 Å². The van der Waals surface area contributed by atoms with Gasteiger partial charge in [-0.3, -0.25) is 9.59 Å². The van der Waals surface area contributed by atoms with Gasteiger partial charge in [-0.1, -0.05) is 6.07 Å². The molecule has 1 aliphatic heterocycles. The van der Waals surface area contributed by atoms with Gasteiger partial charge in [0, 0.05) is 21.9 Å². The summed E-state index contributed by atoms with van der Waals surface area (Å²) in [6.45, 7) is 0.218. The predicted octanol–water partition coefficient (Wildman–Crippen LogP) is 2.65. The molecule has 0 aliphatic carbocycles. The Morgan fingerprint density at radius 1 is 1.35 bits per heavy atom. The summed E-state index contributed by atoms with van der Waals surface area (Å²) in [7, 11) is 0. The van der Waals surface area contributed by atoms with Crippen LogP contribution in [0.1, 0.15) is 6.42 Å². The molecule has 4 nitrogen and oxygen atoms in total. The highest BCUT2D eigenvalue weighted by Gasteiger charge is 2.36. The zero-order valence-electron chi connectivity index (χ0n) is 8.69. The van der Waals surface area contributed by atoms with Crippen molar-refractivity contribution in [2.75, 3.05) is 11.4 Å². The molecule has 1 aliphatic rings. The first-order chi connectivity index (χ1) is 8.00. The van der Waals surface area contributed by atoms with Crippen molar-refractivity contribution in [1.82, 2.24) is 0 Å². The highest BCUT2D eigenvalue weighted by Crippen LogP contribution is 2.37. The third kappa shape index (κ3) is 2.37. The minimum Gasteiger partial charge on any atom is -0.481 e. The first-order valence-electron chi connectivity index (χ1n) is 4.98. The Kier molecular flexibility index (Phi) is 3.53. The number of carboxylic acids is 1. The molecule has 17 heavy (non-hydrogen) atoms. The molecule has 90 valence electrons. The third-order valence-corrected chi connectivity index (χ3v) is 3.96. The van der Waals surface area contributed by atoms with E-state index in [2.05, 4.69) is 31.9 Å². The molecule has 1 N–H and O–H groups in total. The molecule has 2 rings (SSSR count). The van der Waals surface area contributed by atoms with Crippen LogP contribution in [-0.4, -0.2) is 23.5 Å². The smallest absolute Gasteiger partial charge is 0.308 e. The van der Waals surface area contributed by atoms with Gasteiger partial charge in [-0.05, 0) is 44.0 Å². The Labute approximate surface area is 115 Å². The summed E-state index contributed by atoms with van der Waals surface area (Å²) in [6, 6.07) is 5.48. The van der Waals surface area contributed by atoms with Gasteiger partial charge >= 0.3 is 5.97 Å². The summed E-state index contributed by atoms with van der Waals surface area (Å²) in [6.07, 6.45) is 0.0586. The number of anilines is 1. The average Bonchev–Trinajstić information content (AvgIpc) is 2.61. The van der Waals surface area contributed by atoms with E-state index in [1.54, 1.807) is 0 Å². The number of carboxylic acid groups (broad SMARTS) is 1. The van der Waals surface area contributed by atoms with Crippen LogP contribution in [0.25, 0.3) is 0 Å². The van der Waals surface area contributed by atoms with Crippen molar-refractivity contribution >= 4 is 49.4 Å². The number of para-hydroxylation sites is 1.